The third-order valence-electron chi connectivity index (χ3n) is 4.56. The smallest absolute Gasteiger partial charge is 0.135 e. The monoisotopic (exact) mass is 369 g/mol. The Balaban J connectivity index is 1.69. The topological polar surface area (TPSA) is 56.8 Å². The van der Waals surface area contributed by atoms with E-state index in [0.29, 0.717) is 35.2 Å². The van der Waals surface area contributed by atoms with E-state index in [2.05, 4.69) is 4.90 Å². The van der Waals surface area contributed by atoms with E-state index in [1.165, 1.54) is 0 Å². The summed E-state index contributed by atoms with van der Waals surface area (Å²) in [6, 6.07) is 9.31. The molecule has 4 nitrogen and oxygen atoms in total. The zero-order valence-corrected chi connectivity index (χ0v) is 14.9. The largest absolute Gasteiger partial charge is 0.460 e. The lowest BCUT2D eigenvalue weighted by Crippen LogP contribution is -2.34. The first-order chi connectivity index (χ1) is 11.5. The van der Waals surface area contributed by atoms with Crippen LogP contribution in [0.25, 0.3) is 11.3 Å². The molecule has 24 heavy (non-hydrogen) atoms. The van der Waals surface area contributed by atoms with Crippen LogP contribution in [0.3, 0.4) is 0 Å². The summed E-state index contributed by atoms with van der Waals surface area (Å²) in [4.78, 5) is 2.23. The number of hydrogen-bond acceptors (Lipinski definition) is 4. The quantitative estimate of drug-likeness (QED) is 0.855. The third-order valence-corrected chi connectivity index (χ3v) is 5.38. The molecule has 1 aromatic carbocycles. The van der Waals surface area contributed by atoms with Crippen LogP contribution in [0.2, 0.25) is 10.0 Å². The van der Waals surface area contributed by atoms with Crippen LogP contribution in [0.5, 0.6) is 0 Å². The number of likely N-dealkylation sites (tertiary alicyclic amines) is 1. The number of aliphatic hydroxyl groups is 2. The van der Waals surface area contributed by atoms with E-state index >= 15 is 0 Å². The van der Waals surface area contributed by atoms with Gasteiger partial charge in [-0.25, -0.2) is 0 Å². The van der Waals surface area contributed by atoms with Gasteiger partial charge >= 0.3 is 0 Å². The molecule has 2 heterocycles. The number of halogens is 2. The van der Waals surface area contributed by atoms with Crippen molar-refractivity contribution in [3.8, 4) is 11.3 Å². The lowest BCUT2D eigenvalue weighted by molar-refractivity contribution is -0.0256. The number of furan rings is 1. The van der Waals surface area contributed by atoms with Gasteiger partial charge in [-0.15, -0.1) is 0 Å². The number of nitrogens with zero attached hydrogens (tertiary/aromatic N) is 1. The summed E-state index contributed by atoms with van der Waals surface area (Å²) in [6.07, 6.45) is 2.05. The number of hydrogen-bond donors (Lipinski definition) is 2. The minimum atomic E-state index is -0.947. The molecule has 1 aromatic heterocycles. The van der Waals surface area contributed by atoms with Gasteiger partial charge in [0.05, 0.1) is 28.8 Å². The Morgan fingerprint density at radius 3 is 2.75 bits per heavy atom. The normalized spacial score (nSPS) is 22.5. The van der Waals surface area contributed by atoms with Crippen LogP contribution in [0, 0.1) is 0 Å². The molecule has 130 valence electrons. The van der Waals surface area contributed by atoms with Crippen molar-refractivity contribution < 1.29 is 14.6 Å². The lowest BCUT2D eigenvalue weighted by Gasteiger charge is -2.24. The SMILES string of the molecule is OC[C@@]1(O)CCCN(Cc2ccc(-c3cccc(Cl)c3Cl)o2)CC1. The van der Waals surface area contributed by atoms with Crippen molar-refractivity contribution >= 4 is 23.2 Å². The van der Waals surface area contributed by atoms with Crippen molar-refractivity contribution in [3.63, 3.8) is 0 Å². The summed E-state index contributed by atoms with van der Waals surface area (Å²) >= 11 is 12.3. The van der Waals surface area contributed by atoms with Crippen LogP contribution in [0.1, 0.15) is 25.0 Å². The summed E-state index contributed by atoms with van der Waals surface area (Å²) in [5.74, 6) is 1.54. The van der Waals surface area contributed by atoms with Gasteiger partial charge in [0.15, 0.2) is 0 Å². The molecule has 6 heteroatoms. The maximum Gasteiger partial charge on any atom is 0.135 e. The number of aliphatic hydroxyl groups excluding tert-OH is 1. The van der Waals surface area contributed by atoms with Gasteiger partial charge in [-0.05, 0) is 50.1 Å². The second kappa shape index (κ2) is 7.46. The summed E-state index contributed by atoms with van der Waals surface area (Å²) < 4.78 is 5.93. The molecule has 0 bridgehead atoms. The Hall–Kier alpha value is -1.04. The van der Waals surface area contributed by atoms with E-state index in [9.17, 15) is 10.2 Å². The summed E-state index contributed by atoms with van der Waals surface area (Å²) in [6.45, 7) is 2.08. The highest BCUT2D eigenvalue weighted by molar-refractivity contribution is 6.43. The van der Waals surface area contributed by atoms with Gasteiger partial charge in [-0.1, -0.05) is 29.3 Å². The van der Waals surface area contributed by atoms with Crippen LogP contribution in [0.4, 0.5) is 0 Å². The summed E-state index contributed by atoms with van der Waals surface area (Å²) in [5.41, 5.74) is -0.168. The second-order valence-electron chi connectivity index (χ2n) is 6.38. The van der Waals surface area contributed by atoms with Crippen LogP contribution in [-0.2, 0) is 6.54 Å². The van der Waals surface area contributed by atoms with Crippen molar-refractivity contribution in [2.45, 2.75) is 31.4 Å². The van der Waals surface area contributed by atoms with Crippen molar-refractivity contribution in [2.75, 3.05) is 19.7 Å². The molecule has 0 amide bonds. The maximum atomic E-state index is 10.2. The van der Waals surface area contributed by atoms with Gasteiger partial charge in [0, 0.05) is 12.1 Å². The summed E-state index contributed by atoms with van der Waals surface area (Å²) in [7, 11) is 0. The minimum absolute atomic E-state index is 0.182. The van der Waals surface area contributed by atoms with Gasteiger partial charge in [-0.2, -0.15) is 0 Å². The Morgan fingerprint density at radius 1 is 1.12 bits per heavy atom. The van der Waals surface area contributed by atoms with E-state index in [1.54, 1.807) is 6.07 Å². The first kappa shape index (κ1) is 17.8. The molecular weight excluding hydrogens is 349 g/mol. The van der Waals surface area contributed by atoms with Crippen LogP contribution in [0.15, 0.2) is 34.7 Å². The number of benzene rings is 1. The highest BCUT2D eigenvalue weighted by Crippen LogP contribution is 2.34. The molecule has 0 unspecified atom stereocenters. The Morgan fingerprint density at radius 2 is 1.96 bits per heavy atom. The molecule has 0 spiro atoms. The van der Waals surface area contributed by atoms with Gasteiger partial charge in [0.2, 0.25) is 0 Å². The predicted octanol–water partition coefficient (Wildman–Crippen LogP) is 3.96. The van der Waals surface area contributed by atoms with Gasteiger partial charge in [0.25, 0.3) is 0 Å². The highest BCUT2D eigenvalue weighted by atomic mass is 35.5. The zero-order chi connectivity index (χ0) is 17.2. The molecule has 1 aliphatic rings. The Labute approximate surface area is 151 Å². The van der Waals surface area contributed by atoms with Gasteiger partial charge in [0.1, 0.15) is 11.5 Å². The molecule has 1 fully saturated rings. The first-order valence-corrected chi connectivity index (χ1v) is 8.85. The molecule has 0 aliphatic carbocycles. The standard InChI is InChI=1S/C18H21Cl2NO3/c19-15-4-1-3-14(17(15)20)16-6-5-13(24-16)11-21-9-2-7-18(23,12-22)8-10-21/h1,3-6,22-23H,2,7-12H2/t18-/m1/s1. The fourth-order valence-corrected chi connectivity index (χ4v) is 3.47. The molecule has 1 atom stereocenters. The van der Waals surface area contributed by atoms with Crippen LogP contribution < -0.4 is 0 Å². The molecule has 1 saturated heterocycles. The third kappa shape index (κ3) is 3.95. The van der Waals surface area contributed by atoms with E-state index in [4.69, 9.17) is 27.6 Å². The average molecular weight is 370 g/mol. The second-order valence-corrected chi connectivity index (χ2v) is 7.16. The van der Waals surface area contributed by atoms with Crippen LogP contribution in [-0.4, -0.2) is 40.4 Å². The molecule has 1 aliphatic heterocycles. The van der Waals surface area contributed by atoms with Gasteiger partial charge in [-0.3, -0.25) is 4.90 Å². The highest BCUT2D eigenvalue weighted by Gasteiger charge is 2.29. The molecule has 2 N–H and O–H groups in total. The fourth-order valence-electron chi connectivity index (χ4n) is 3.07. The minimum Gasteiger partial charge on any atom is -0.460 e. The molecule has 3 rings (SSSR count). The van der Waals surface area contributed by atoms with Crippen LogP contribution >= 0.6 is 23.2 Å². The number of rotatable bonds is 4. The molecule has 0 saturated carbocycles. The van der Waals surface area contributed by atoms with E-state index in [-0.39, 0.29) is 6.61 Å². The summed E-state index contributed by atoms with van der Waals surface area (Å²) in [5, 5.41) is 20.5. The molecule has 2 aromatic rings. The molecular formula is C18H21Cl2NO3. The van der Waals surface area contributed by atoms with Crippen molar-refractivity contribution in [2.24, 2.45) is 0 Å². The van der Waals surface area contributed by atoms with E-state index in [0.717, 1.165) is 30.8 Å². The average Bonchev–Trinajstić information content (AvgIpc) is 2.95. The van der Waals surface area contributed by atoms with Crippen molar-refractivity contribution in [1.29, 1.82) is 0 Å². The maximum absolute atomic E-state index is 10.2. The fraction of sp³-hybridized carbons (Fsp3) is 0.444. The van der Waals surface area contributed by atoms with Crippen molar-refractivity contribution in [1.82, 2.24) is 4.90 Å². The van der Waals surface area contributed by atoms with Gasteiger partial charge < -0.3 is 14.6 Å². The molecule has 0 radical (unpaired) electrons. The Bertz CT molecular complexity index is 703. The predicted molar refractivity (Wildman–Crippen MR) is 95.3 cm³/mol. The first-order valence-electron chi connectivity index (χ1n) is 8.09. The van der Waals surface area contributed by atoms with E-state index < -0.39 is 5.60 Å². The zero-order valence-electron chi connectivity index (χ0n) is 13.3. The Kier molecular flexibility index (Phi) is 5.52. The lowest BCUT2D eigenvalue weighted by atomic mass is 9.96. The van der Waals surface area contributed by atoms with E-state index in [1.807, 2.05) is 24.3 Å². The van der Waals surface area contributed by atoms with Crippen molar-refractivity contribution in [3.05, 3.63) is 46.1 Å².